The van der Waals surface area contributed by atoms with Crippen molar-refractivity contribution in [3.8, 4) is 0 Å². The Bertz CT molecular complexity index is 489. The van der Waals surface area contributed by atoms with E-state index in [9.17, 15) is 4.79 Å². The van der Waals surface area contributed by atoms with Gasteiger partial charge in [0.05, 0.1) is 13.1 Å². The Labute approximate surface area is 149 Å². The third kappa shape index (κ3) is 6.37. The minimum atomic E-state index is -0.750. The number of hydrogen-bond donors (Lipinski definition) is 1. The van der Waals surface area contributed by atoms with Gasteiger partial charge >= 0.3 is 5.97 Å². The second-order valence-corrected chi connectivity index (χ2v) is 6.17. The van der Waals surface area contributed by atoms with Crippen molar-refractivity contribution in [3.63, 3.8) is 0 Å². The molecule has 1 aliphatic rings. The lowest BCUT2D eigenvalue weighted by Gasteiger charge is -2.36. The number of nitrogens with zero attached hydrogens (tertiary/aromatic N) is 4. The summed E-state index contributed by atoms with van der Waals surface area (Å²) in [7, 11) is 0. The Hall–Kier alpha value is -1.18. The van der Waals surface area contributed by atoms with Gasteiger partial charge in [-0.1, -0.05) is 25.4 Å². The number of halogens is 1. The van der Waals surface area contributed by atoms with E-state index in [0.717, 1.165) is 57.6 Å². The van der Waals surface area contributed by atoms with Crippen molar-refractivity contribution in [1.82, 2.24) is 19.9 Å². The number of carbonyl (C=O) groups is 1. The minimum Gasteiger partial charge on any atom is -0.480 e. The van der Waals surface area contributed by atoms with Gasteiger partial charge in [-0.05, 0) is 25.8 Å². The first-order valence-electron chi connectivity index (χ1n) is 8.62. The van der Waals surface area contributed by atoms with E-state index in [1.807, 2.05) is 6.92 Å². The lowest BCUT2D eigenvalue weighted by Crippen LogP contribution is -2.46. The molecule has 0 amide bonds. The molecule has 0 radical (unpaired) electrons. The lowest BCUT2D eigenvalue weighted by atomic mass is 10.0. The number of carboxylic acid groups (broad SMARTS) is 1. The number of piperidine rings is 1. The number of rotatable bonds is 9. The highest BCUT2D eigenvalue weighted by Gasteiger charge is 2.25. The standard InChI is InChI=1S/C16H28N4O3.ClH/c1-3-5-6-14-17-15(23-18-14)11-19-9-7-13(8-10-19)20(4-2)12-16(21)22;/h13H,3-12H2,1-2H3,(H,21,22);1H. The number of aliphatic carboxylic acids is 1. The zero-order valence-electron chi connectivity index (χ0n) is 14.6. The highest BCUT2D eigenvalue weighted by Crippen LogP contribution is 2.18. The van der Waals surface area contributed by atoms with E-state index in [-0.39, 0.29) is 19.0 Å². The van der Waals surface area contributed by atoms with Crippen molar-refractivity contribution < 1.29 is 14.4 Å². The van der Waals surface area contributed by atoms with Crippen LogP contribution in [0.25, 0.3) is 0 Å². The lowest BCUT2D eigenvalue weighted by molar-refractivity contribution is -0.139. The van der Waals surface area contributed by atoms with Crippen molar-refractivity contribution >= 4 is 18.4 Å². The molecule has 2 rings (SSSR count). The summed E-state index contributed by atoms with van der Waals surface area (Å²) in [4.78, 5) is 19.7. The van der Waals surface area contributed by atoms with Crippen LogP contribution in [0.4, 0.5) is 0 Å². The molecule has 1 N–H and O–H groups in total. The Morgan fingerprint density at radius 3 is 2.67 bits per heavy atom. The summed E-state index contributed by atoms with van der Waals surface area (Å²) in [5.74, 6) is 0.738. The van der Waals surface area contributed by atoms with Gasteiger partial charge in [-0.25, -0.2) is 0 Å². The average molecular weight is 361 g/mol. The molecule has 8 heteroatoms. The van der Waals surface area contributed by atoms with Crippen LogP contribution in [0.2, 0.25) is 0 Å². The maximum absolute atomic E-state index is 10.9. The molecule has 0 aromatic carbocycles. The molecule has 1 aliphatic heterocycles. The van der Waals surface area contributed by atoms with Crippen LogP contribution in [-0.2, 0) is 17.8 Å². The predicted molar refractivity (Wildman–Crippen MR) is 93.3 cm³/mol. The summed E-state index contributed by atoms with van der Waals surface area (Å²) in [6.07, 6.45) is 5.06. The van der Waals surface area contributed by atoms with Crippen molar-refractivity contribution in [2.45, 2.75) is 58.5 Å². The van der Waals surface area contributed by atoms with E-state index in [0.29, 0.717) is 18.5 Å². The molecule has 1 fully saturated rings. The van der Waals surface area contributed by atoms with E-state index in [1.165, 1.54) is 0 Å². The van der Waals surface area contributed by atoms with Gasteiger partial charge in [0.2, 0.25) is 5.89 Å². The summed E-state index contributed by atoms with van der Waals surface area (Å²) in [6, 6.07) is 0.357. The monoisotopic (exact) mass is 360 g/mol. The summed E-state index contributed by atoms with van der Waals surface area (Å²) < 4.78 is 5.32. The Kier molecular flexibility index (Phi) is 9.25. The molecule has 1 aromatic rings. The largest absolute Gasteiger partial charge is 0.480 e. The first-order valence-corrected chi connectivity index (χ1v) is 8.62. The van der Waals surface area contributed by atoms with Gasteiger partial charge in [0.1, 0.15) is 0 Å². The van der Waals surface area contributed by atoms with Crippen LogP contribution in [-0.4, -0.2) is 63.2 Å². The SMILES string of the molecule is CCCCc1noc(CN2CCC(N(CC)CC(=O)O)CC2)n1.Cl. The number of aromatic nitrogens is 2. The Morgan fingerprint density at radius 2 is 2.08 bits per heavy atom. The van der Waals surface area contributed by atoms with E-state index in [4.69, 9.17) is 9.63 Å². The number of hydrogen-bond acceptors (Lipinski definition) is 6. The maximum Gasteiger partial charge on any atom is 0.317 e. The first kappa shape index (κ1) is 20.9. The second kappa shape index (κ2) is 10.6. The molecule has 24 heavy (non-hydrogen) atoms. The average Bonchev–Trinajstić information content (AvgIpc) is 2.98. The van der Waals surface area contributed by atoms with Gasteiger partial charge in [-0.3, -0.25) is 14.6 Å². The molecule has 1 aromatic heterocycles. The van der Waals surface area contributed by atoms with Gasteiger partial charge in [-0.2, -0.15) is 4.98 Å². The number of unbranched alkanes of at least 4 members (excludes halogenated alkanes) is 1. The van der Waals surface area contributed by atoms with Crippen molar-refractivity contribution in [2.24, 2.45) is 0 Å². The predicted octanol–water partition coefficient (Wildman–Crippen LogP) is 2.20. The molecule has 0 saturated carbocycles. The van der Waals surface area contributed by atoms with Crippen LogP contribution >= 0.6 is 12.4 Å². The van der Waals surface area contributed by atoms with Crippen LogP contribution in [0.15, 0.2) is 4.52 Å². The number of carboxylic acids is 1. The molecule has 0 atom stereocenters. The van der Waals surface area contributed by atoms with E-state index >= 15 is 0 Å². The fraction of sp³-hybridized carbons (Fsp3) is 0.812. The molecule has 0 unspecified atom stereocenters. The highest BCUT2D eigenvalue weighted by atomic mass is 35.5. The summed E-state index contributed by atoms with van der Waals surface area (Å²) >= 11 is 0. The zero-order chi connectivity index (χ0) is 16.7. The third-order valence-electron chi connectivity index (χ3n) is 4.44. The molecule has 0 spiro atoms. The topological polar surface area (TPSA) is 82.7 Å². The van der Waals surface area contributed by atoms with Gasteiger partial charge < -0.3 is 9.63 Å². The number of likely N-dealkylation sites (tertiary alicyclic amines) is 1. The van der Waals surface area contributed by atoms with E-state index in [2.05, 4.69) is 26.9 Å². The summed E-state index contributed by atoms with van der Waals surface area (Å²) in [5.41, 5.74) is 0. The summed E-state index contributed by atoms with van der Waals surface area (Å²) in [6.45, 7) is 7.64. The van der Waals surface area contributed by atoms with Crippen LogP contribution in [0, 0.1) is 0 Å². The fourth-order valence-electron chi connectivity index (χ4n) is 3.10. The van der Waals surface area contributed by atoms with Gasteiger partial charge in [0.15, 0.2) is 5.82 Å². The number of aryl methyl sites for hydroxylation is 1. The molecule has 0 aliphatic carbocycles. The third-order valence-corrected chi connectivity index (χ3v) is 4.44. The Morgan fingerprint density at radius 1 is 1.38 bits per heavy atom. The molecule has 138 valence electrons. The van der Waals surface area contributed by atoms with Crippen molar-refractivity contribution in [1.29, 1.82) is 0 Å². The van der Waals surface area contributed by atoms with Crippen LogP contribution in [0.3, 0.4) is 0 Å². The van der Waals surface area contributed by atoms with Gasteiger partial charge in [0, 0.05) is 25.6 Å². The second-order valence-electron chi connectivity index (χ2n) is 6.17. The first-order chi connectivity index (χ1) is 11.1. The Balaban J connectivity index is 0.00000288. The smallest absolute Gasteiger partial charge is 0.317 e. The maximum atomic E-state index is 10.9. The highest BCUT2D eigenvalue weighted by molar-refractivity contribution is 5.85. The van der Waals surface area contributed by atoms with E-state index < -0.39 is 5.97 Å². The molecule has 0 bridgehead atoms. The van der Waals surface area contributed by atoms with Crippen molar-refractivity contribution in [2.75, 3.05) is 26.2 Å². The van der Waals surface area contributed by atoms with Crippen LogP contribution in [0.5, 0.6) is 0 Å². The summed E-state index contributed by atoms with van der Waals surface area (Å²) in [5, 5.41) is 13.0. The zero-order valence-corrected chi connectivity index (χ0v) is 15.4. The van der Waals surface area contributed by atoms with Gasteiger partial charge in [0.25, 0.3) is 0 Å². The molecule has 2 heterocycles. The van der Waals surface area contributed by atoms with Crippen LogP contribution in [0.1, 0.15) is 51.2 Å². The fourth-order valence-corrected chi connectivity index (χ4v) is 3.10. The minimum absolute atomic E-state index is 0. The molecule has 1 saturated heterocycles. The van der Waals surface area contributed by atoms with Gasteiger partial charge in [-0.15, -0.1) is 12.4 Å². The van der Waals surface area contributed by atoms with E-state index in [1.54, 1.807) is 0 Å². The number of likely N-dealkylation sites (N-methyl/N-ethyl adjacent to an activating group) is 1. The quantitative estimate of drug-likeness (QED) is 0.722. The molecular weight excluding hydrogens is 332 g/mol. The normalized spacial score (nSPS) is 16.3. The van der Waals surface area contributed by atoms with Crippen LogP contribution < -0.4 is 0 Å². The van der Waals surface area contributed by atoms with Crippen molar-refractivity contribution in [3.05, 3.63) is 11.7 Å². The molecular formula is C16H29ClN4O3. The molecule has 7 nitrogen and oxygen atoms in total.